The Morgan fingerprint density at radius 3 is 3.00 bits per heavy atom. The lowest BCUT2D eigenvalue weighted by atomic mass is 9.98. The van der Waals surface area contributed by atoms with E-state index in [1.54, 1.807) is 6.20 Å². The smallest absolute Gasteiger partial charge is 0.256 e. The van der Waals surface area contributed by atoms with Crippen LogP contribution in [0.4, 0.5) is 0 Å². The number of ether oxygens (including phenoxy) is 1. The van der Waals surface area contributed by atoms with Crippen LogP contribution in [0.25, 0.3) is 10.9 Å². The predicted octanol–water partition coefficient (Wildman–Crippen LogP) is 2.66. The van der Waals surface area contributed by atoms with Crippen LogP contribution in [0, 0.1) is 6.92 Å². The van der Waals surface area contributed by atoms with Crippen LogP contribution >= 0.6 is 0 Å². The zero-order valence-electron chi connectivity index (χ0n) is 12.9. The van der Waals surface area contributed by atoms with E-state index < -0.39 is 0 Å². The van der Waals surface area contributed by atoms with Gasteiger partial charge in [0.05, 0.1) is 36.0 Å². The SMILES string of the molecule is Cc1cc(C(=O)N2CCOC3(CCCC3)C2)c2[nH]ncc2c1. The Morgan fingerprint density at radius 2 is 2.18 bits per heavy atom. The van der Waals surface area contributed by atoms with E-state index in [9.17, 15) is 4.79 Å². The molecule has 1 aliphatic carbocycles. The Bertz CT molecular complexity index is 716. The van der Waals surface area contributed by atoms with E-state index in [4.69, 9.17) is 4.74 Å². The number of aromatic nitrogens is 2. The number of nitrogens with zero attached hydrogens (tertiary/aromatic N) is 2. The van der Waals surface area contributed by atoms with Crippen molar-refractivity contribution in [2.24, 2.45) is 0 Å². The molecule has 116 valence electrons. The number of benzene rings is 1. The van der Waals surface area contributed by atoms with Crippen LogP contribution in [-0.4, -0.2) is 46.3 Å². The number of aromatic amines is 1. The summed E-state index contributed by atoms with van der Waals surface area (Å²) in [5.74, 6) is 0.0903. The molecule has 0 atom stereocenters. The molecule has 1 amide bonds. The minimum atomic E-state index is -0.0924. The number of rotatable bonds is 1. The maximum atomic E-state index is 13.0. The highest BCUT2D eigenvalue weighted by molar-refractivity contribution is 6.05. The number of amides is 1. The van der Waals surface area contributed by atoms with Crippen molar-refractivity contribution >= 4 is 16.8 Å². The van der Waals surface area contributed by atoms with E-state index in [0.717, 1.165) is 41.4 Å². The maximum Gasteiger partial charge on any atom is 0.256 e. The van der Waals surface area contributed by atoms with Gasteiger partial charge in [-0.2, -0.15) is 5.10 Å². The van der Waals surface area contributed by atoms with Crippen molar-refractivity contribution in [3.63, 3.8) is 0 Å². The molecule has 1 aliphatic heterocycles. The molecule has 2 heterocycles. The molecule has 1 N–H and O–H groups in total. The van der Waals surface area contributed by atoms with E-state index in [1.807, 2.05) is 24.0 Å². The van der Waals surface area contributed by atoms with Crippen molar-refractivity contribution in [2.75, 3.05) is 19.7 Å². The lowest BCUT2D eigenvalue weighted by Crippen LogP contribution is -2.52. The maximum absolute atomic E-state index is 13.0. The summed E-state index contributed by atoms with van der Waals surface area (Å²) in [5.41, 5.74) is 2.55. The van der Waals surface area contributed by atoms with Crippen molar-refractivity contribution in [1.82, 2.24) is 15.1 Å². The normalized spacial score (nSPS) is 20.9. The Kier molecular flexibility index (Phi) is 3.18. The molecule has 2 aromatic rings. The van der Waals surface area contributed by atoms with Gasteiger partial charge in [0.1, 0.15) is 0 Å². The molecule has 0 radical (unpaired) electrons. The molecule has 1 aromatic heterocycles. The zero-order chi connectivity index (χ0) is 15.2. The minimum Gasteiger partial charge on any atom is -0.371 e. The van der Waals surface area contributed by atoms with Crippen LogP contribution in [0.5, 0.6) is 0 Å². The van der Waals surface area contributed by atoms with Gasteiger partial charge in [-0.1, -0.05) is 12.8 Å². The van der Waals surface area contributed by atoms with Gasteiger partial charge >= 0.3 is 0 Å². The molecule has 5 heteroatoms. The molecule has 4 rings (SSSR count). The summed E-state index contributed by atoms with van der Waals surface area (Å²) in [5, 5.41) is 8.04. The highest BCUT2D eigenvalue weighted by Crippen LogP contribution is 2.36. The van der Waals surface area contributed by atoms with E-state index in [0.29, 0.717) is 13.2 Å². The van der Waals surface area contributed by atoms with Crippen LogP contribution in [0.15, 0.2) is 18.3 Å². The van der Waals surface area contributed by atoms with E-state index >= 15 is 0 Å². The minimum absolute atomic E-state index is 0.0903. The van der Waals surface area contributed by atoms with Crippen molar-refractivity contribution in [1.29, 1.82) is 0 Å². The van der Waals surface area contributed by atoms with Gasteiger partial charge in [0, 0.05) is 11.9 Å². The van der Waals surface area contributed by atoms with Gasteiger partial charge in [-0.3, -0.25) is 9.89 Å². The van der Waals surface area contributed by atoms with E-state index in [-0.39, 0.29) is 11.5 Å². The van der Waals surface area contributed by atoms with Crippen LogP contribution in [-0.2, 0) is 4.74 Å². The fourth-order valence-corrected chi connectivity index (χ4v) is 3.89. The number of nitrogens with one attached hydrogen (secondary N) is 1. The van der Waals surface area contributed by atoms with Gasteiger partial charge in [-0.15, -0.1) is 0 Å². The molecular formula is C17H21N3O2. The molecule has 1 saturated carbocycles. The van der Waals surface area contributed by atoms with Gasteiger partial charge in [0.25, 0.3) is 5.91 Å². The molecule has 22 heavy (non-hydrogen) atoms. The summed E-state index contributed by atoms with van der Waals surface area (Å²) in [6.07, 6.45) is 6.33. The number of hydrogen-bond acceptors (Lipinski definition) is 3. The molecule has 0 unspecified atom stereocenters. The Balaban J connectivity index is 1.66. The largest absolute Gasteiger partial charge is 0.371 e. The second-order valence-corrected chi connectivity index (χ2v) is 6.61. The van der Waals surface area contributed by atoms with E-state index in [2.05, 4.69) is 10.2 Å². The summed E-state index contributed by atoms with van der Waals surface area (Å²) in [6.45, 7) is 4.05. The lowest BCUT2D eigenvalue weighted by molar-refractivity contribution is -0.0948. The Labute approximate surface area is 129 Å². The van der Waals surface area contributed by atoms with E-state index in [1.165, 1.54) is 12.8 Å². The average molecular weight is 299 g/mol. The number of H-pyrrole nitrogens is 1. The van der Waals surface area contributed by atoms with Gasteiger partial charge < -0.3 is 9.64 Å². The summed E-state index contributed by atoms with van der Waals surface area (Å²) in [4.78, 5) is 15.0. The molecule has 1 saturated heterocycles. The molecule has 1 spiro atoms. The van der Waals surface area contributed by atoms with Gasteiger partial charge in [-0.05, 0) is 37.5 Å². The van der Waals surface area contributed by atoms with Crippen LogP contribution in [0.1, 0.15) is 41.6 Å². The van der Waals surface area contributed by atoms with Crippen molar-refractivity contribution < 1.29 is 9.53 Å². The van der Waals surface area contributed by atoms with Crippen LogP contribution in [0.2, 0.25) is 0 Å². The quantitative estimate of drug-likeness (QED) is 0.880. The van der Waals surface area contributed by atoms with Crippen LogP contribution < -0.4 is 0 Å². The number of fused-ring (bicyclic) bond motifs is 1. The van der Waals surface area contributed by atoms with Crippen molar-refractivity contribution in [3.8, 4) is 0 Å². The first-order chi connectivity index (χ1) is 10.7. The average Bonchev–Trinajstić information content (AvgIpc) is 3.15. The molecule has 1 aromatic carbocycles. The monoisotopic (exact) mass is 299 g/mol. The number of carbonyl (C=O) groups excluding carboxylic acids is 1. The van der Waals surface area contributed by atoms with Crippen molar-refractivity contribution in [2.45, 2.75) is 38.2 Å². The number of hydrogen-bond donors (Lipinski definition) is 1. The second-order valence-electron chi connectivity index (χ2n) is 6.61. The molecule has 2 fully saturated rings. The third-order valence-corrected chi connectivity index (χ3v) is 4.97. The third kappa shape index (κ3) is 2.20. The molecule has 5 nitrogen and oxygen atoms in total. The number of aryl methyl sites for hydroxylation is 1. The zero-order valence-corrected chi connectivity index (χ0v) is 12.9. The summed E-state index contributed by atoms with van der Waals surface area (Å²) in [6, 6.07) is 4.01. The first kappa shape index (κ1) is 13.8. The molecule has 2 aliphatic rings. The Morgan fingerprint density at radius 1 is 1.36 bits per heavy atom. The highest BCUT2D eigenvalue weighted by Gasteiger charge is 2.40. The second kappa shape index (κ2) is 5.09. The van der Waals surface area contributed by atoms with Crippen LogP contribution in [0.3, 0.4) is 0 Å². The first-order valence-corrected chi connectivity index (χ1v) is 8.04. The van der Waals surface area contributed by atoms with Gasteiger partial charge in [-0.25, -0.2) is 0 Å². The molecular weight excluding hydrogens is 278 g/mol. The topological polar surface area (TPSA) is 58.2 Å². The number of carbonyl (C=O) groups is 1. The standard InChI is InChI=1S/C17H21N3O2/c1-12-8-13-10-18-19-15(13)14(9-12)16(21)20-6-7-22-17(11-20)4-2-3-5-17/h8-10H,2-7,11H2,1H3,(H,18,19). The van der Waals surface area contributed by atoms with Crippen molar-refractivity contribution in [3.05, 3.63) is 29.5 Å². The van der Waals surface area contributed by atoms with Gasteiger partial charge in [0.15, 0.2) is 0 Å². The summed E-state index contributed by atoms with van der Waals surface area (Å²) >= 11 is 0. The summed E-state index contributed by atoms with van der Waals surface area (Å²) < 4.78 is 6.02. The fraction of sp³-hybridized carbons (Fsp3) is 0.529. The van der Waals surface area contributed by atoms with Gasteiger partial charge in [0.2, 0.25) is 0 Å². The fourth-order valence-electron chi connectivity index (χ4n) is 3.89. The summed E-state index contributed by atoms with van der Waals surface area (Å²) in [7, 11) is 0. The molecule has 0 bridgehead atoms. The Hall–Kier alpha value is -1.88. The highest BCUT2D eigenvalue weighted by atomic mass is 16.5. The lowest BCUT2D eigenvalue weighted by Gasteiger charge is -2.40. The number of morpholine rings is 1. The third-order valence-electron chi connectivity index (χ3n) is 4.97. The first-order valence-electron chi connectivity index (χ1n) is 8.04. The predicted molar refractivity (Wildman–Crippen MR) is 83.9 cm³/mol.